The van der Waals surface area contributed by atoms with Gasteiger partial charge in [0.25, 0.3) is 0 Å². The Morgan fingerprint density at radius 2 is 2.20 bits per heavy atom. The first-order valence-corrected chi connectivity index (χ1v) is 4.86. The third kappa shape index (κ3) is 3.95. The second-order valence-corrected chi connectivity index (χ2v) is 3.33. The second-order valence-electron chi connectivity index (χ2n) is 3.33. The molecule has 0 aliphatic carbocycles. The molecule has 5 heteroatoms. The van der Waals surface area contributed by atoms with Crippen LogP contribution in [0.4, 0.5) is 13.2 Å². The first kappa shape index (κ1) is 12.1. The number of hydrogen-bond donors (Lipinski definition) is 1. The highest BCUT2D eigenvalue weighted by molar-refractivity contribution is 5.01. The summed E-state index contributed by atoms with van der Waals surface area (Å²) in [6, 6.07) is 1.61. The van der Waals surface area contributed by atoms with Gasteiger partial charge in [0.2, 0.25) is 0 Å². The molecule has 86 valence electrons. The first-order valence-electron chi connectivity index (χ1n) is 4.86. The van der Waals surface area contributed by atoms with Gasteiger partial charge in [-0.3, -0.25) is 0 Å². The van der Waals surface area contributed by atoms with Crippen LogP contribution in [0.5, 0.6) is 0 Å². The highest BCUT2D eigenvalue weighted by atomic mass is 19.4. The highest BCUT2D eigenvalue weighted by Gasteiger charge is 2.39. The summed E-state index contributed by atoms with van der Waals surface area (Å²) < 4.78 is 42.5. The maximum atomic E-state index is 12.5. The Kier molecular flexibility index (Phi) is 4.20. The van der Waals surface area contributed by atoms with Crippen LogP contribution in [0.25, 0.3) is 0 Å². The Bertz CT molecular complexity index is 269. The fraction of sp³-hybridized carbons (Fsp3) is 0.600. The molecular formula is C10H14F3NO. The van der Waals surface area contributed by atoms with Gasteiger partial charge in [-0.2, -0.15) is 13.2 Å². The van der Waals surface area contributed by atoms with Crippen LogP contribution < -0.4 is 5.32 Å². The predicted molar refractivity (Wildman–Crippen MR) is 50.5 cm³/mol. The smallest absolute Gasteiger partial charge is 0.404 e. The van der Waals surface area contributed by atoms with Gasteiger partial charge in [-0.05, 0) is 25.1 Å². The second kappa shape index (κ2) is 5.21. The summed E-state index contributed by atoms with van der Waals surface area (Å²) in [4.78, 5) is 0. The molecule has 1 rings (SSSR count). The molecule has 15 heavy (non-hydrogen) atoms. The van der Waals surface area contributed by atoms with Gasteiger partial charge in [0.05, 0.1) is 6.26 Å². The third-order valence-corrected chi connectivity index (χ3v) is 2.02. The molecule has 1 N–H and O–H groups in total. The zero-order valence-electron chi connectivity index (χ0n) is 8.47. The number of rotatable bonds is 5. The molecule has 1 heterocycles. The minimum atomic E-state index is -4.23. The molecule has 0 saturated heterocycles. The van der Waals surface area contributed by atoms with Crippen molar-refractivity contribution in [3.8, 4) is 0 Å². The fourth-order valence-corrected chi connectivity index (χ4v) is 1.25. The SMILES string of the molecule is CCCNC(Cc1ccco1)C(F)(F)F. The standard InChI is InChI=1S/C10H14F3NO/c1-2-5-14-9(10(11,12)13)7-8-4-3-6-15-8/h3-4,6,9,14H,2,5,7H2,1H3. The van der Waals surface area contributed by atoms with Crippen molar-refractivity contribution < 1.29 is 17.6 Å². The van der Waals surface area contributed by atoms with Crippen LogP contribution >= 0.6 is 0 Å². The Labute approximate surface area is 86.5 Å². The van der Waals surface area contributed by atoms with Crippen LogP contribution in [-0.4, -0.2) is 18.8 Å². The molecule has 1 unspecified atom stereocenters. The van der Waals surface area contributed by atoms with Gasteiger partial charge in [-0.15, -0.1) is 0 Å². The van der Waals surface area contributed by atoms with Gasteiger partial charge in [-0.25, -0.2) is 0 Å². The molecule has 0 bridgehead atoms. The highest BCUT2D eigenvalue weighted by Crippen LogP contribution is 2.23. The average Bonchev–Trinajstić information content (AvgIpc) is 2.62. The molecule has 1 aromatic rings. The molecule has 1 aromatic heterocycles. The van der Waals surface area contributed by atoms with Gasteiger partial charge in [0.15, 0.2) is 0 Å². The number of furan rings is 1. The summed E-state index contributed by atoms with van der Waals surface area (Å²) >= 11 is 0. The molecule has 2 nitrogen and oxygen atoms in total. The molecule has 0 spiro atoms. The van der Waals surface area contributed by atoms with Crippen LogP contribution in [0, 0.1) is 0 Å². The summed E-state index contributed by atoms with van der Waals surface area (Å²) in [5.74, 6) is 0.348. The lowest BCUT2D eigenvalue weighted by atomic mass is 10.1. The van der Waals surface area contributed by atoms with Gasteiger partial charge < -0.3 is 9.73 Å². The van der Waals surface area contributed by atoms with Gasteiger partial charge >= 0.3 is 6.18 Å². The van der Waals surface area contributed by atoms with E-state index >= 15 is 0 Å². The normalized spacial score (nSPS) is 14.1. The zero-order valence-corrected chi connectivity index (χ0v) is 8.47. The Balaban J connectivity index is 2.57. The Hall–Kier alpha value is -0.970. The first-order chi connectivity index (χ1) is 7.04. The lowest BCUT2D eigenvalue weighted by Crippen LogP contribution is -2.44. The van der Waals surface area contributed by atoms with Gasteiger partial charge in [0.1, 0.15) is 11.8 Å². The fourth-order valence-electron chi connectivity index (χ4n) is 1.25. The lowest BCUT2D eigenvalue weighted by molar-refractivity contribution is -0.156. The van der Waals surface area contributed by atoms with Crippen molar-refractivity contribution >= 4 is 0 Å². The van der Waals surface area contributed by atoms with Crippen LogP contribution in [0.15, 0.2) is 22.8 Å². The largest absolute Gasteiger partial charge is 0.469 e. The molecule has 1 atom stereocenters. The number of hydrogen-bond acceptors (Lipinski definition) is 2. The molecular weight excluding hydrogens is 207 g/mol. The maximum Gasteiger partial charge on any atom is 0.404 e. The van der Waals surface area contributed by atoms with E-state index < -0.39 is 12.2 Å². The van der Waals surface area contributed by atoms with E-state index in [9.17, 15) is 13.2 Å². The Morgan fingerprint density at radius 1 is 1.47 bits per heavy atom. The van der Waals surface area contributed by atoms with E-state index in [0.29, 0.717) is 18.7 Å². The third-order valence-electron chi connectivity index (χ3n) is 2.02. The topological polar surface area (TPSA) is 25.2 Å². The minimum Gasteiger partial charge on any atom is -0.469 e. The molecule has 0 amide bonds. The molecule has 0 aromatic carbocycles. The van der Waals surface area contributed by atoms with Crippen molar-refractivity contribution in [2.45, 2.75) is 32.0 Å². The van der Waals surface area contributed by atoms with Gasteiger partial charge in [0, 0.05) is 6.42 Å². The van der Waals surface area contributed by atoms with E-state index in [1.54, 1.807) is 12.1 Å². The van der Waals surface area contributed by atoms with Gasteiger partial charge in [-0.1, -0.05) is 6.92 Å². The summed E-state index contributed by atoms with van der Waals surface area (Å²) in [6.45, 7) is 2.18. The monoisotopic (exact) mass is 221 g/mol. The predicted octanol–water partition coefficient (Wildman–Crippen LogP) is 2.75. The van der Waals surface area contributed by atoms with Crippen LogP contribution in [-0.2, 0) is 6.42 Å². The van der Waals surface area contributed by atoms with E-state index in [1.807, 2.05) is 6.92 Å². The number of alkyl halides is 3. The number of nitrogens with one attached hydrogen (secondary N) is 1. The van der Waals surface area contributed by atoms with Crippen LogP contribution in [0.1, 0.15) is 19.1 Å². The van der Waals surface area contributed by atoms with E-state index in [4.69, 9.17) is 4.42 Å². The lowest BCUT2D eigenvalue weighted by Gasteiger charge is -2.20. The van der Waals surface area contributed by atoms with Crippen LogP contribution in [0.3, 0.4) is 0 Å². The van der Waals surface area contributed by atoms with Crippen molar-refractivity contribution in [1.82, 2.24) is 5.32 Å². The van der Waals surface area contributed by atoms with Crippen molar-refractivity contribution in [1.29, 1.82) is 0 Å². The molecule has 0 fully saturated rings. The maximum absolute atomic E-state index is 12.5. The van der Waals surface area contributed by atoms with E-state index in [2.05, 4.69) is 5.32 Å². The summed E-state index contributed by atoms with van der Waals surface area (Å²) in [6.07, 6.45) is -2.34. The van der Waals surface area contributed by atoms with E-state index in [-0.39, 0.29) is 6.42 Å². The molecule has 0 saturated carbocycles. The molecule has 0 radical (unpaired) electrons. The summed E-state index contributed by atoms with van der Waals surface area (Å²) in [5, 5.41) is 2.46. The van der Waals surface area contributed by atoms with Crippen LogP contribution in [0.2, 0.25) is 0 Å². The quantitative estimate of drug-likeness (QED) is 0.827. The van der Waals surface area contributed by atoms with Crippen molar-refractivity contribution in [3.63, 3.8) is 0 Å². The molecule has 0 aliphatic rings. The summed E-state index contributed by atoms with van der Waals surface area (Å²) in [5.41, 5.74) is 0. The average molecular weight is 221 g/mol. The summed E-state index contributed by atoms with van der Waals surface area (Å²) in [7, 11) is 0. The number of halogens is 3. The minimum absolute atomic E-state index is 0.156. The molecule has 0 aliphatic heterocycles. The van der Waals surface area contributed by atoms with E-state index in [1.165, 1.54) is 6.26 Å². The van der Waals surface area contributed by atoms with Crippen molar-refractivity contribution in [3.05, 3.63) is 24.2 Å². The van der Waals surface area contributed by atoms with Crippen molar-refractivity contribution in [2.24, 2.45) is 0 Å². The van der Waals surface area contributed by atoms with E-state index in [0.717, 1.165) is 0 Å². The van der Waals surface area contributed by atoms with Crippen molar-refractivity contribution in [2.75, 3.05) is 6.54 Å². The zero-order chi connectivity index (χ0) is 11.3. The Morgan fingerprint density at radius 3 is 2.67 bits per heavy atom.